The molecule has 3 aromatic rings. The Labute approximate surface area is 203 Å². The molecule has 2 aliphatic heterocycles. The number of nitrogens with two attached hydrogens (primary N) is 1. The van der Waals surface area contributed by atoms with Crippen LogP contribution in [0.25, 0.3) is 11.4 Å². The molecule has 35 heavy (non-hydrogen) atoms. The van der Waals surface area contributed by atoms with Crippen LogP contribution in [0, 0.1) is 0 Å². The smallest absolute Gasteiger partial charge is 0.271 e. The highest BCUT2D eigenvalue weighted by molar-refractivity contribution is 5.97. The van der Waals surface area contributed by atoms with Crippen molar-refractivity contribution in [2.45, 2.75) is 25.4 Å². The Balaban J connectivity index is 1.41. The molecule has 11 nitrogen and oxygen atoms in total. The fourth-order valence-corrected chi connectivity index (χ4v) is 4.25. The predicted molar refractivity (Wildman–Crippen MR) is 131 cm³/mol. The van der Waals surface area contributed by atoms with E-state index in [-0.39, 0.29) is 11.7 Å². The van der Waals surface area contributed by atoms with Crippen LogP contribution in [0.4, 0.5) is 17.3 Å². The number of aromatic nitrogens is 4. The van der Waals surface area contributed by atoms with Gasteiger partial charge in [-0.1, -0.05) is 12.1 Å². The van der Waals surface area contributed by atoms with Gasteiger partial charge in [-0.25, -0.2) is 9.97 Å². The van der Waals surface area contributed by atoms with E-state index in [1.165, 1.54) is 5.56 Å². The van der Waals surface area contributed by atoms with Crippen molar-refractivity contribution in [3.05, 3.63) is 47.8 Å². The standard InChI is InChI=1S/C24H30N8O3/c25-22(33)21-24(27-17-3-1-16(2-4-17)15-32-9-13-35-14-10-32)30-23(28-18-6-11-34-12-7-18)20(29-21)19-5-8-26-31-19/h1-5,8,18H,6-7,9-15H2,(H2,25,33)(H,26,31)(H2,27,28,30). The minimum absolute atomic E-state index is 0.0597. The van der Waals surface area contributed by atoms with E-state index in [9.17, 15) is 4.79 Å². The first-order valence-electron chi connectivity index (χ1n) is 11.9. The molecule has 4 heterocycles. The van der Waals surface area contributed by atoms with Crippen molar-refractivity contribution in [2.75, 3.05) is 50.2 Å². The van der Waals surface area contributed by atoms with Crippen molar-refractivity contribution < 1.29 is 14.3 Å². The van der Waals surface area contributed by atoms with E-state index < -0.39 is 5.91 Å². The van der Waals surface area contributed by atoms with E-state index in [0.29, 0.717) is 36.2 Å². The summed E-state index contributed by atoms with van der Waals surface area (Å²) in [5.41, 5.74) is 8.89. The number of anilines is 3. The van der Waals surface area contributed by atoms with Crippen LogP contribution < -0.4 is 16.4 Å². The van der Waals surface area contributed by atoms with Crippen LogP contribution >= 0.6 is 0 Å². The monoisotopic (exact) mass is 478 g/mol. The highest BCUT2D eigenvalue weighted by Gasteiger charge is 2.23. The average Bonchev–Trinajstić information content (AvgIpc) is 3.41. The largest absolute Gasteiger partial charge is 0.381 e. The highest BCUT2D eigenvalue weighted by atomic mass is 16.5. The lowest BCUT2D eigenvalue weighted by Gasteiger charge is -2.26. The number of nitrogens with zero attached hydrogens (tertiary/aromatic N) is 4. The molecule has 0 saturated carbocycles. The van der Waals surface area contributed by atoms with Gasteiger partial charge in [0.2, 0.25) is 0 Å². The van der Waals surface area contributed by atoms with E-state index >= 15 is 0 Å². The lowest BCUT2D eigenvalue weighted by atomic mass is 10.1. The van der Waals surface area contributed by atoms with Crippen LogP contribution in [0.2, 0.25) is 0 Å². The molecule has 5 N–H and O–H groups in total. The van der Waals surface area contributed by atoms with Crippen molar-refractivity contribution in [3.63, 3.8) is 0 Å². The number of aromatic amines is 1. The predicted octanol–water partition coefficient (Wildman–Crippen LogP) is 2.13. The molecule has 1 amide bonds. The third-order valence-electron chi connectivity index (χ3n) is 6.17. The van der Waals surface area contributed by atoms with Crippen molar-refractivity contribution in [1.82, 2.24) is 25.1 Å². The van der Waals surface area contributed by atoms with Gasteiger partial charge >= 0.3 is 0 Å². The molecule has 0 spiro atoms. The molecule has 2 aliphatic rings. The van der Waals surface area contributed by atoms with Gasteiger partial charge in [-0.3, -0.25) is 14.8 Å². The second kappa shape index (κ2) is 10.8. The third-order valence-corrected chi connectivity index (χ3v) is 6.17. The Hall–Kier alpha value is -3.54. The zero-order valence-electron chi connectivity index (χ0n) is 19.5. The molecular formula is C24H30N8O3. The lowest BCUT2D eigenvalue weighted by molar-refractivity contribution is 0.0342. The number of ether oxygens (including phenoxy) is 2. The van der Waals surface area contributed by atoms with E-state index in [1.54, 1.807) is 12.3 Å². The molecule has 2 saturated heterocycles. The number of carbonyl (C=O) groups excluding carboxylic acids is 1. The Bertz CT molecular complexity index is 1120. The second-order valence-electron chi connectivity index (χ2n) is 8.69. The molecule has 1 aromatic carbocycles. The van der Waals surface area contributed by atoms with E-state index in [0.717, 1.165) is 51.4 Å². The molecular weight excluding hydrogens is 448 g/mol. The lowest BCUT2D eigenvalue weighted by Crippen LogP contribution is -2.35. The maximum absolute atomic E-state index is 12.3. The van der Waals surface area contributed by atoms with Gasteiger partial charge in [0, 0.05) is 50.8 Å². The Morgan fingerprint density at radius 1 is 1.03 bits per heavy atom. The summed E-state index contributed by atoms with van der Waals surface area (Å²) >= 11 is 0. The van der Waals surface area contributed by atoms with Crippen LogP contribution in [0.15, 0.2) is 36.5 Å². The number of hydrogen-bond donors (Lipinski definition) is 4. The number of amides is 1. The first-order valence-corrected chi connectivity index (χ1v) is 11.9. The Morgan fingerprint density at radius 2 is 1.77 bits per heavy atom. The van der Waals surface area contributed by atoms with Gasteiger partial charge in [0.05, 0.1) is 18.9 Å². The van der Waals surface area contributed by atoms with Gasteiger partial charge < -0.3 is 25.8 Å². The number of morpholine rings is 1. The van der Waals surface area contributed by atoms with Gasteiger partial charge in [0.25, 0.3) is 5.91 Å². The fraction of sp³-hybridized carbons (Fsp3) is 0.417. The van der Waals surface area contributed by atoms with Crippen LogP contribution in [-0.4, -0.2) is 76.5 Å². The van der Waals surface area contributed by atoms with Crippen LogP contribution in [0.3, 0.4) is 0 Å². The van der Waals surface area contributed by atoms with Crippen LogP contribution in [0.1, 0.15) is 28.9 Å². The molecule has 0 atom stereocenters. The summed E-state index contributed by atoms with van der Waals surface area (Å²) in [5, 5.41) is 13.6. The number of benzene rings is 1. The first kappa shape index (κ1) is 23.2. The van der Waals surface area contributed by atoms with Gasteiger partial charge in [-0.05, 0) is 36.6 Å². The Morgan fingerprint density at radius 3 is 2.46 bits per heavy atom. The fourth-order valence-electron chi connectivity index (χ4n) is 4.25. The summed E-state index contributed by atoms with van der Waals surface area (Å²) in [6.45, 7) is 5.65. The average molecular weight is 479 g/mol. The van der Waals surface area contributed by atoms with E-state index in [2.05, 4.69) is 42.8 Å². The zero-order valence-corrected chi connectivity index (χ0v) is 19.5. The summed E-state index contributed by atoms with van der Waals surface area (Å²) in [4.78, 5) is 24.0. The molecule has 0 aliphatic carbocycles. The van der Waals surface area contributed by atoms with Crippen molar-refractivity contribution >= 4 is 23.2 Å². The normalized spacial score (nSPS) is 17.3. The molecule has 5 rings (SSSR count). The molecule has 0 bridgehead atoms. The summed E-state index contributed by atoms with van der Waals surface area (Å²) in [6.07, 6.45) is 3.34. The van der Waals surface area contributed by atoms with Crippen molar-refractivity contribution in [3.8, 4) is 11.4 Å². The second-order valence-corrected chi connectivity index (χ2v) is 8.69. The zero-order chi connectivity index (χ0) is 24.0. The van der Waals surface area contributed by atoms with Gasteiger partial charge in [0.1, 0.15) is 5.69 Å². The topological polar surface area (TPSA) is 143 Å². The number of hydrogen-bond acceptors (Lipinski definition) is 9. The SMILES string of the molecule is NC(=O)c1nc(-c2ccn[nH]2)c(NC2CCOCC2)nc1Nc1ccc(CN2CCOCC2)cc1. The number of nitrogens with one attached hydrogen (secondary N) is 3. The molecule has 0 unspecified atom stereocenters. The third kappa shape index (κ3) is 5.76. The number of carbonyl (C=O) groups is 1. The summed E-state index contributed by atoms with van der Waals surface area (Å²) in [6, 6.07) is 10.0. The molecule has 2 aromatic heterocycles. The number of rotatable bonds is 8. The molecule has 184 valence electrons. The minimum atomic E-state index is -0.665. The van der Waals surface area contributed by atoms with E-state index in [4.69, 9.17) is 20.2 Å². The molecule has 2 fully saturated rings. The summed E-state index contributed by atoms with van der Waals surface area (Å²) < 4.78 is 10.9. The maximum atomic E-state index is 12.3. The quantitative estimate of drug-likeness (QED) is 0.383. The highest BCUT2D eigenvalue weighted by Crippen LogP contribution is 2.29. The van der Waals surface area contributed by atoms with Crippen LogP contribution in [-0.2, 0) is 16.0 Å². The summed E-state index contributed by atoms with van der Waals surface area (Å²) in [7, 11) is 0. The van der Waals surface area contributed by atoms with E-state index in [1.807, 2.05) is 12.1 Å². The molecule has 11 heteroatoms. The van der Waals surface area contributed by atoms with Gasteiger partial charge in [0.15, 0.2) is 17.3 Å². The summed E-state index contributed by atoms with van der Waals surface area (Å²) in [5.74, 6) is 0.191. The number of primary amides is 1. The number of H-pyrrole nitrogens is 1. The minimum Gasteiger partial charge on any atom is -0.381 e. The molecule has 0 radical (unpaired) electrons. The Kier molecular flexibility index (Phi) is 7.17. The first-order chi connectivity index (χ1) is 17.2. The van der Waals surface area contributed by atoms with Gasteiger partial charge in [-0.2, -0.15) is 5.10 Å². The van der Waals surface area contributed by atoms with Crippen molar-refractivity contribution in [1.29, 1.82) is 0 Å². The maximum Gasteiger partial charge on any atom is 0.271 e. The van der Waals surface area contributed by atoms with Gasteiger partial charge in [-0.15, -0.1) is 0 Å². The van der Waals surface area contributed by atoms with Crippen LogP contribution in [0.5, 0.6) is 0 Å². The van der Waals surface area contributed by atoms with Crippen molar-refractivity contribution in [2.24, 2.45) is 5.73 Å².